The molecule has 1 rings (SSSR count). The van der Waals surface area contributed by atoms with Crippen LogP contribution in [0.5, 0.6) is 0 Å². The molecule has 0 saturated heterocycles. The average Bonchev–Trinajstić information content (AvgIpc) is 2.35. The molecule has 0 bridgehead atoms. The van der Waals surface area contributed by atoms with Crippen LogP contribution in [0.3, 0.4) is 0 Å². The van der Waals surface area contributed by atoms with E-state index < -0.39 is 0 Å². The summed E-state index contributed by atoms with van der Waals surface area (Å²) >= 11 is 0. The van der Waals surface area contributed by atoms with E-state index in [1.165, 1.54) is 0 Å². The molecular weight excluding hydrogens is 220 g/mol. The number of carbonyl (C=O) groups is 1. The summed E-state index contributed by atoms with van der Waals surface area (Å²) < 4.78 is 10.1. The number of carbonyl (C=O) groups excluding carboxylic acids is 1. The first kappa shape index (κ1) is 13.4. The van der Waals surface area contributed by atoms with Crippen molar-refractivity contribution < 1.29 is 14.3 Å². The van der Waals surface area contributed by atoms with Crippen LogP contribution in [0.2, 0.25) is 0 Å². The van der Waals surface area contributed by atoms with E-state index in [9.17, 15) is 4.79 Å². The second kappa shape index (κ2) is 7.62. The Kier molecular flexibility index (Phi) is 6.03. The highest BCUT2D eigenvalue weighted by Crippen LogP contribution is 2.12. The van der Waals surface area contributed by atoms with E-state index in [0.717, 1.165) is 0 Å². The quantitative estimate of drug-likeness (QED) is 0.578. The number of nitrogens with zero attached hydrogens (tertiary/aromatic N) is 1. The molecule has 1 aromatic heterocycles. The largest absolute Gasteiger partial charge is 0.462 e. The summed E-state index contributed by atoms with van der Waals surface area (Å²) in [7, 11) is 0. The molecule has 0 aromatic carbocycles. The number of ether oxygens (including phenoxy) is 2. The molecule has 0 amide bonds. The van der Waals surface area contributed by atoms with Crippen LogP contribution in [0, 0.1) is 0 Å². The topological polar surface area (TPSA) is 60.5 Å². The summed E-state index contributed by atoms with van der Waals surface area (Å²) in [5.74, 6) is 0.171. The molecule has 0 unspecified atom stereocenters. The molecule has 1 N–H and O–H groups in total. The fraction of sp³-hybridized carbons (Fsp3) is 0.500. The number of hydrogen-bond donors (Lipinski definition) is 1. The molecule has 1 aromatic rings. The lowest BCUT2D eigenvalue weighted by Crippen LogP contribution is -2.14. The summed E-state index contributed by atoms with van der Waals surface area (Å²) in [5.41, 5.74) is 0.450. The first-order chi connectivity index (χ1) is 8.29. The predicted octanol–water partition coefficient (Wildman–Crippen LogP) is 1.71. The molecular formula is C12H18N2O3. The normalized spacial score (nSPS) is 10.0. The van der Waals surface area contributed by atoms with E-state index in [4.69, 9.17) is 9.47 Å². The van der Waals surface area contributed by atoms with Crippen LogP contribution in [0.1, 0.15) is 24.2 Å². The molecule has 17 heavy (non-hydrogen) atoms. The molecule has 1 heterocycles. The van der Waals surface area contributed by atoms with Crippen molar-refractivity contribution in [3.63, 3.8) is 0 Å². The van der Waals surface area contributed by atoms with Crippen molar-refractivity contribution in [1.29, 1.82) is 0 Å². The number of nitrogens with one attached hydrogen (secondary N) is 1. The summed E-state index contributed by atoms with van der Waals surface area (Å²) in [6, 6.07) is 3.40. The number of anilines is 1. The maximum Gasteiger partial charge on any atom is 0.341 e. The van der Waals surface area contributed by atoms with Gasteiger partial charge in [0.1, 0.15) is 11.4 Å². The molecule has 0 saturated carbocycles. The molecule has 0 aliphatic carbocycles. The molecule has 0 spiro atoms. The number of pyridine rings is 1. The Hall–Kier alpha value is -1.62. The standard InChI is InChI=1S/C12H18N2O3/c1-3-16-9-8-14-11-10(6-5-7-13-11)12(15)17-4-2/h5-7H,3-4,8-9H2,1-2H3,(H,13,14). The zero-order valence-corrected chi connectivity index (χ0v) is 10.2. The third-order valence-electron chi connectivity index (χ3n) is 2.05. The smallest absolute Gasteiger partial charge is 0.341 e. The van der Waals surface area contributed by atoms with E-state index in [1.807, 2.05) is 6.92 Å². The Bertz CT molecular complexity index is 355. The summed E-state index contributed by atoms with van der Waals surface area (Å²) in [6.07, 6.45) is 1.63. The van der Waals surface area contributed by atoms with Gasteiger partial charge in [-0.05, 0) is 26.0 Å². The first-order valence-electron chi connectivity index (χ1n) is 5.73. The summed E-state index contributed by atoms with van der Waals surface area (Å²) in [4.78, 5) is 15.7. The fourth-order valence-corrected chi connectivity index (χ4v) is 1.31. The van der Waals surface area contributed by atoms with Crippen LogP contribution >= 0.6 is 0 Å². The molecule has 5 nitrogen and oxygen atoms in total. The van der Waals surface area contributed by atoms with Gasteiger partial charge in [-0.1, -0.05) is 0 Å². The number of rotatable bonds is 7. The Morgan fingerprint density at radius 2 is 2.24 bits per heavy atom. The van der Waals surface area contributed by atoms with E-state index >= 15 is 0 Å². The van der Waals surface area contributed by atoms with Crippen LogP contribution in [0.4, 0.5) is 5.82 Å². The zero-order chi connectivity index (χ0) is 12.5. The number of hydrogen-bond acceptors (Lipinski definition) is 5. The van der Waals surface area contributed by atoms with Crippen molar-refractivity contribution in [2.24, 2.45) is 0 Å². The third-order valence-corrected chi connectivity index (χ3v) is 2.05. The lowest BCUT2D eigenvalue weighted by molar-refractivity contribution is 0.0527. The van der Waals surface area contributed by atoms with Crippen molar-refractivity contribution in [3.8, 4) is 0 Å². The number of esters is 1. The second-order valence-electron chi connectivity index (χ2n) is 3.24. The van der Waals surface area contributed by atoms with Gasteiger partial charge in [-0.25, -0.2) is 9.78 Å². The highest BCUT2D eigenvalue weighted by Gasteiger charge is 2.12. The molecule has 0 aliphatic rings. The van der Waals surface area contributed by atoms with E-state index in [0.29, 0.717) is 37.7 Å². The minimum Gasteiger partial charge on any atom is -0.462 e. The van der Waals surface area contributed by atoms with Gasteiger partial charge in [-0.2, -0.15) is 0 Å². The fourth-order valence-electron chi connectivity index (χ4n) is 1.31. The molecule has 94 valence electrons. The maximum absolute atomic E-state index is 11.6. The monoisotopic (exact) mass is 238 g/mol. The Balaban J connectivity index is 2.61. The van der Waals surface area contributed by atoms with Crippen molar-refractivity contribution in [2.45, 2.75) is 13.8 Å². The SMILES string of the molecule is CCOCCNc1ncccc1C(=O)OCC. The number of aromatic nitrogens is 1. The van der Waals surface area contributed by atoms with Crippen LogP contribution in [-0.4, -0.2) is 37.3 Å². The Morgan fingerprint density at radius 3 is 2.94 bits per heavy atom. The predicted molar refractivity (Wildman–Crippen MR) is 65.2 cm³/mol. The van der Waals surface area contributed by atoms with E-state index in [1.54, 1.807) is 25.3 Å². The summed E-state index contributed by atoms with van der Waals surface area (Å²) in [5, 5.41) is 3.05. The van der Waals surface area contributed by atoms with Gasteiger partial charge in [0.2, 0.25) is 0 Å². The third kappa shape index (κ3) is 4.40. The van der Waals surface area contributed by atoms with Crippen molar-refractivity contribution in [2.75, 3.05) is 31.7 Å². The highest BCUT2D eigenvalue weighted by atomic mass is 16.5. The second-order valence-corrected chi connectivity index (χ2v) is 3.24. The lowest BCUT2D eigenvalue weighted by atomic mass is 10.2. The zero-order valence-electron chi connectivity index (χ0n) is 10.2. The van der Waals surface area contributed by atoms with Crippen LogP contribution in [-0.2, 0) is 9.47 Å². The minimum absolute atomic E-state index is 0.353. The lowest BCUT2D eigenvalue weighted by Gasteiger charge is -2.09. The first-order valence-corrected chi connectivity index (χ1v) is 5.73. The van der Waals surface area contributed by atoms with Crippen molar-refractivity contribution in [3.05, 3.63) is 23.9 Å². The van der Waals surface area contributed by atoms with Crippen LogP contribution in [0.15, 0.2) is 18.3 Å². The van der Waals surface area contributed by atoms with E-state index in [2.05, 4.69) is 10.3 Å². The van der Waals surface area contributed by atoms with Gasteiger partial charge in [0.25, 0.3) is 0 Å². The maximum atomic E-state index is 11.6. The van der Waals surface area contributed by atoms with Gasteiger partial charge >= 0.3 is 5.97 Å². The van der Waals surface area contributed by atoms with Gasteiger partial charge in [-0.15, -0.1) is 0 Å². The van der Waals surface area contributed by atoms with Crippen LogP contribution in [0.25, 0.3) is 0 Å². The Labute approximate surface area is 101 Å². The van der Waals surface area contributed by atoms with E-state index in [-0.39, 0.29) is 5.97 Å². The molecule has 0 atom stereocenters. The van der Waals surface area contributed by atoms with Crippen LogP contribution < -0.4 is 5.32 Å². The van der Waals surface area contributed by atoms with Crippen molar-refractivity contribution in [1.82, 2.24) is 4.98 Å². The van der Waals surface area contributed by atoms with Gasteiger partial charge in [0.15, 0.2) is 0 Å². The molecule has 0 radical (unpaired) electrons. The Morgan fingerprint density at radius 1 is 1.41 bits per heavy atom. The van der Waals surface area contributed by atoms with Gasteiger partial charge in [0, 0.05) is 19.3 Å². The highest BCUT2D eigenvalue weighted by molar-refractivity contribution is 5.94. The van der Waals surface area contributed by atoms with Gasteiger partial charge in [0.05, 0.1) is 13.2 Å². The van der Waals surface area contributed by atoms with Crippen molar-refractivity contribution >= 4 is 11.8 Å². The minimum atomic E-state index is -0.362. The van der Waals surface area contributed by atoms with Gasteiger partial charge < -0.3 is 14.8 Å². The summed E-state index contributed by atoms with van der Waals surface area (Å²) in [6.45, 7) is 5.93. The average molecular weight is 238 g/mol. The molecule has 0 aliphatic heterocycles. The molecule has 5 heteroatoms. The molecule has 0 fully saturated rings. The van der Waals surface area contributed by atoms with Gasteiger partial charge in [-0.3, -0.25) is 0 Å².